The van der Waals surface area contributed by atoms with E-state index >= 15 is 0 Å². The van der Waals surface area contributed by atoms with Gasteiger partial charge in [0.1, 0.15) is 0 Å². The van der Waals surface area contributed by atoms with Crippen LogP contribution in [0.5, 0.6) is 0 Å². The van der Waals surface area contributed by atoms with Crippen LogP contribution < -0.4 is 11.5 Å². The molecule has 0 fully saturated rings. The van der Waals surface area contributed by atoms with Crippen LogP contribution in [0.1, 0.15) is 33.6 Å². The quantitative estimate of drug-likeness (QED) is 0.634. The number of carbonyl (C=O) groups is 1. The average Bonchev–Trinajstić information content (AvgIpc) is 1.95. The third-order valence-corrected chi connectivity index (χ3v) is 2.50. The van der Waals surface area contributed by atoms with Crippen molar-refractivity contribution in [3.05, 3.63) is 11.3 Å². The lowest BCUT2D eigenvalue weighted by Crippen LogP contribution is -2.35. The van der Waals surface area contributed by atoms with Crippen LogP contribution in [0.3, 0.4) is 0 Å². The van der Waals surface area contributed by atoms with Gasteiger partial charge in [0.05, 0.1) is 5.70 Å². The van der Waals surface area contributed by atoms with Gasteiger partial charge in [-0.2, -0.15) is 0 Å². The summed E-state index contributed by atoms with van der Waals surface area (Å²) in [4.78, 5) is 11.5. The van der Waals surface area contributed by atoms with E-state index in [4.69, 9.17) is 11.5 Å². The largest absolute Gasteiger partial charge is 0.396 e. The molecule has 0 spiro atoms. The number of hydrogen-bond donors (Lipinski definition) is 2. The first-order valence-corrected chi connectivity index (χ1v) is 4.61. The minimum absolute atomic E-state index is 0.0168. The van der Waals surface area contributed by atoms with Crippen molar-refractivity contribution >= 4 is 5.78 Å². The summed E-state index contributed by atoms with van der Waals surface area (Å²) in [5.41, 5.74) is 12.8. The van der Waals surface area contributed by atoms with E-state index < -0.39 is 0 Å². The van der Waals surface area contributed by atoms with Gasteiger partial charge in [-0.3, -0.25) is 4.79 Å². The molecular weight excluding hydrogens is 164 g/mol. The van der Waals surface area contributed by atoms with Crippen LogP contribution >= 0.6 is 0 Å². The van der Waals surface area contributed by atoms with E-state index in [-0.39, 0.29) is 17.2 Å². The molecule has 4 N–H and O–H groups in total. The zero-order valence-electron chi connectivity index (χ0n) is 8.55. The van der Waals surface area contributed by atoms with Crippen molar-refractivity contribution in [2.75, 3.05) is 0 Å². The highest BCUT2D eigenvalue weighted by molar-refractivity contribution is 5.96. The molecule has 0 aromatic carbocycles. The summed E-state index contributed by atoms with van der Waals surface area (Å²) < 4.78 is 0. The maximum atomic E-state index is 11.5. The average molecular weight is 182 g/mol. The first-order valence-electron chi connectivity index (χ1n) is 4.61. The second-order valence-corrected chi connectivity index (χ2v) is 4.67. The predicted molar refractivity (Wildman–Crippen MR) is 52.9 cm³/mol. The Hall–Kier alpha value is -0.830. The van der Waals surface area contributed by atoms with Crippen LogP contribution in [0.15, 0.2) is 11.3 Å². The molecule has 74 valence electrons. The fourth-order valence-corrected chi connectivity index (χ4v) is 1.79. The second-order valence-electron chi connectivity index (χ2n) is 4.67. The number of nitrogens with two attached hydrogens (primary N) is 2. The molecule has 0 aromatic rings. The zero-order valence-corrected chi connectivity index (χ0v) is 8.55. The second kappa shape index (κ2) is 3.14. The van der Waals surface area contributed by atoms with Crippen molar-refractivity contribution in [1.82, 2.24) is 0 Å². The molecular formula is C10H18N2O. The molecule has 0 bridgehead atoms. The van der Waals surface area contributed by atoms with Crippen LogP contribution in [-0.4, -0.2) is 11.8 Å². The Morgan fingerprint density at radius 1 is 1.38 bits per heavy atom. The summed E-state index contributed by atoms with van der Waals surface area (Å²) in [7, 11) is 0. The topological polar surface area (TPSA) is 69.1 Å². The van der Waals surface area contributed by atoms with Crippen molar-refractivity contribution in [2.24, 2.45) is 16.9 Å². The third kappa shape index (κ3) is 2.10. The molecule has 1 rings (SSSR count). The van der Waals surface area contributed by atoms with Gasteiger partial charge in [-0.05, 0) is 24.3 Å². The molecule has 3 heteroatoms. The number of Topliss-reactive ketones (excluding diaryl/α,β-unsaturated/α-hetero) is 1. The number of carbonyl (C=O) groups excluding carboxylic acids is 1. The Kier molecular flexibility index (Phi) is 2.48. The molecule has 1 aliphatic rings. The maximum absolute atomic E-state index is 11.5. The van der Waals surface area contributed by atoms with Crippen molar-refractivity contribution < 1.29 is 4.79 Å². The lowest BCUT2D eigenvalue weighted by Gasteiger charge is -2.32. The van der Waals surface area contributed by atoms with E-state index in [2.05, 4.69) is 13.8 Å². The number of allylic oxidation sites excluding steroid dienone is 1. The van der Waals surface area contributed by atoms with Crippen LogP contribution in [0, 0.1) is 5.41 Å². The summed E-state index contributed by atoms with van der Waals surface area (Å²) in [6.45, 7) is 6.01. The lowest BCUT2D eigenvalue weighted by atomic mass is 9.74. The molecule has 0 aliphatic heterocycles. The third-order valence-electron chi connectivity index (χ3n) is 2.50. The first-order chi connectivity index (χ1) is 5.83. The van der Waals surface area contributed by atoms with E-state index in [1.807, 2.05) is 6.92 Å². The molecule has 0 saturated carbocycles. The fraction of sp³-hybridized carbons (Fsp3) is 0.700. The normalized spacial score (nSPS) is 24.8. The minimum Gasteiger partial charge on any atom is -0.396 e. The monoisotopic (exact) mass is 182 g/mol. The Labute approximate surface area is 79.2 Å². The molecule has 0 saturated heterocycles. The van der Waals surface area contributed by atoms with Crippen molar-refractivity contribution in [2.45, 2.75) is 39.7 Å². The molecule has 3 nitrogen and oxygen atoms in total. The number of hydrogen-bond acceptors (Lipinski definition) is 3. The van der Waals surface area contributed by atoms with E-state index in [1.54, 1.807) is 0 Å². The molecule has 0 aromatic heterocycles. The van der Waals surface area contributed by atoms with Crippen LogP contribution in [0.4, 0.5) is 0 Å². The van der Waals surface area contributed by atoms with E-state index in [1.165, 1.54) is 0 Å². The molecule has 0 heterocycles. The predicted octanol–water partition coefficient (Wildman–Crippen LogP) is 0.935. The highest BCUT2D eigenvalue weighted by Gasteiger charge is 2.32. The van der Waals surface area contributed by atoms with Crippen LogP contribution in [0.25, 0.3) is 0 Å². The molecule has 1 aliphatic carbocycles. The van der Waals surface area contributed by atoms with Crippen LogP contribution in [-0.2, 0) is 4.79 Å². The molecule has 0 radical (unpaired) electrons. The van der Waals surface area contributed by atoms with Gasteiger partial charge >= 0.3 is 0 Å². The van der Waals surface area contributed by atoms with E-state index in [0.717, 1.165) is 12.0 Å². The number of ketones is 1. The van der Waals surface area contributed by atoms with Gasteiger partial charge in [0.15, 0.2) is 5.78 Å². The van der Waals surface area contributed by atoms with Gasteiger partial charge in [0, 0.05) is 12.5 Å². The summed E-state index contributed by atoms with van der Waals surface area (Å²) in [5.74, 6) is 0.0450. The summed E-state index contributed by atoms with van der Waals surface area (Å²) in [6.07, 6.45) is 1.37. The van der Waals surface area contributed by atoms with Gasteiger partial charge in [0.25, 0.3) is 0 Å². The standard InChI is InChI=1S/C10H18N2O/c1-6(11)7-4-10(2,3)5-8(13)9(7)12/h6H,4-5,11-12H2,1-3H3. The summed E-state index contributed by atoms with van der Waals surface area (Å²) in [5, 5.41) is 0. The Morgan fingerprint density at radius 3 is 2.38 bits per heavy atom. The fourth-order valence-electron chi connectivity index (χ4n) is 1.79. The van der Waals surface area contributed by atoms with Crippen molar-refractivity contribution in [3.8, 4) is 0 Å². The minimum atomic E-state index is -0.108. The van der Waals surface area contributed by atoms with Gasteiger partial charge in [-0.15, -0.1) is 0 Å². The SMILES string of the molecule is CC(N)C1=C(N)C(=O)CC(C)(C)C1. The Bertz CT molecular complexity index is 264. The molecule has 1 atom stereocenters. The van der Waals surface area contributed by atoms with Crippen molar-refractivity contribution in [3.63, 3.8) is 0 Å². The van der Waals surface area contributed by atoms with Gasteiger partial charge in [-0.25, -0.2) is 0 Å². The zero-order chi connectivity index (χ0) is 10.2. The smallest absolute Gasteiger partial charge is 0.179 e. The molecule has 13 heavy (non-hydrogen) atoms. The maximum Gasteiger partial charge on any atom is 0.179 e. The number of rotatable bonds is 1. The van der Waals surface area contributed by atoms with Gasteiger partial charge in [-0.1, -0.05) is 13.8 Å². The summed E-state index contributed by atoms with van der Waals surface area (Å²) in [6, 6.07) is -0.108. The Morgan fingerprint density at radius 2 is 1.92 bits per heavy atom. The van der Waals surface area contributed by atoms with E-state index in [9.17, 15) is 4.79 Å². The lowest BCUT2D eigenvalue weighted by molar-refractivity contribution is -0.118. The highest BCUT2D eigenvalue weighted by atomic mass is 16.1. The van der Waals surface area contributed by atoms with E-state index in [0.29, 0.717) is 12.1 Å². The highest BCUT2D eigenvalue weighted by Crippen LogP contribution is 2.36. The van der Waals surface area contributed by atoms with Crippen molar-refractivity contribution in [1.29, 1.82) is 0 Å². The summed E-state index contributed by atoms with van der Waals surface area (Å²) >= 11 is 0. The molecule has 0 amide bonds. The van der Waals surface area contributed by atoms with Gasteiger partial charge in [0.2, 0.25) is 0 Å². The molecule has 1 unspecified atom stereocenters. The first kappa shape index (κ1) is 10.3. The van der Waals surface area contributed by atoms with Crippen LogP contribution in [0.2, 0.25) is 0 Å². The Balaban J connectivity index is 3.03. The van der Waals surface area contributed by atoms with Gasteiger partial charge < -0.3 is 11.5 Å².